The molecule has 0 radical (unpaired) electrons. The van der Waals surface area contributed by atoms with Gasteiger partial charge in [0.1, 0.15) is 5.75 Å². The Bertz CT molecular complexity index is 1130. The summed E-state index contributed by atoms with van der Waals surface area (Å²) in [7, 11) is 3.25. The summed E-state index contributed by atoms with van der Waals surface area (Å²) >= 11 is 0. The minimum atomic E-state index is 0.391. The van der Waals surface area contributed by atoms with Crippen molar-refractivity contribution >= 4 is 27.8 Å². The molecule has 7 heteroatoms. The summed E-state index contributed by atoms with van der Waals surface area (Å²) in [5, 5.41) is 5.05. The number of ether oxygens (including phenoxy) is 2. The molecular formula is C20H19N5O2. The molecule has 0 aliphatic rings. The highest BCUT2D eigenvalue weighted by molar-refractivity contribution is 5.84. The number of para-hydroxylation sites is 1. The van der Waals surface area contributed by atoms with Crippen LogP contribution in [0.3, 0.4) is 0 Å². The van der Waals surface area contributed by atoms with Gasteiger partial charge in [0.05, 0.1) is 42.9 Å². The van der Waals surface area contributed by atoms with Gasteiger partial charge in [0, 0.05) is 5.39 Å². The van der Waals surface area contributed by atoms with Crippen LogP contribution in [0.2, 0.25) is 0 Å². The van der Waals surface area contributed by atoms with E-state index in [0.717, 1.165) is 33.2 Å². The molecule has 0 amide bonds. The van der Waals surface area contributed by atoms with Gasteiger partial charge in [-0.3, -0.25) is 0 Å². The summed E-state index contributed by atoms with van der Waals surface area (Å²) in [5.41, 5.74) is 2.56. The maximum atomic E-state index is 5.40. The third kappa shape index (κ3) is 3.31. The summed E-state index contributed by atoms with van der Waals surface area (Å²) in [6.07, 6.45) is 0. The molecule has 0 saturated carbocycles. The first-order valence-electron chi connectivity index (χ1n) is 8.54. The van der Waals surface area contributed by atoms with E-state index in [0.29, 0.717) is 24.2 Å². The van der Waals surface area contributed by atoms with Crippen molar-refractivity contribution in [3.8, 4) is 11.6 Å². The zero-order valence-electron chi connectivity index (χ0n) is 15.4. The van der Waals surface area contributed by atoms with Gasteiger partial charge in [-0.25, -0.2) is 15.0 Å². The van der Waals surface area contributed by atoms with Gasteiger partial charge in [0.2, 0.25) is 11.8 Å². The number of aromatic nitrogens is 4. The van der Waals surface area contributed by atoms with Crippen LogP contribution in [-0.4, -0.2) is 34.2 Å². The molecule has 136 valence electrons. The van der Waals surface area contributed by atoms with Crippen LogP contribution in [0.5, 0.6) is 11.6 Å². The van der Waals surface area contributed by atoms with Crippen LogP contribution in [0.4, 0.5) is 5.95 Å². The van der Waals surface area contributed by atoms with E-state index in [2.05, 4.69) is 25.3 Å². The van der Waals surface area contributed by atoms with Gasteiger partial charge >= 0.3 is 0 Å². The van der Waals surface area contributed by atoms with E-state index in [9.17, 15) is 0 Å². The lowest BCUT2D eigenvalue weighted by Crippen LogP contribution is -2.09. The van der Waals surface area contributed by atoms with Crippen LogP contribution in [-0.2, 0) is 6.54 Å². The van der Waals surface area contributed by atoms with Gasteiger partial charge in [-0.15, -0.1) is 0 Å². The summed E-state index contributed by atoms with van der Waals surface area (Å²) < 4.78 is 10.7. The Hall–Kier alpha value is -3.48. The second kappa shape index (κ2) is 7.03. The normalized spacial score (nSPS) is 10.9. The Balaban J connectivity index is 1.62. The van der Waals surface area contributed by atoms with Gasteiger partial charge in [0.15, 0.2) is 5.82 Å². The highest BCUT2D eigenvalue weighted by Gasteiger charge is 2.10. The van der Waals surface area contributed by atoms with E-state index >= 15 is 0 Å². The number of anilines is 1. The minimum Gasteiger partial charge on any atom is -0.497 e. The number of rotatable bonds is 5. The van der Waals surface area contributed by atoms with Crippen molar-refractivity contribution in [1.29, 1.82) is 0 Å². The molecule has 27 heavy (non-hydrogen) atoms. The molecule has 0 aliphatic carbocycles. The van der Waals surface area contributed by atoms with Crippen LogP contribution in [0.1, 0.15) is 11.5 Å². The van der Waals surface area contributed by atoms with Crippen LogP contribution >= 0.6 is 0 Å². The largest absolute Gasteiger partial charge is 0.497 e. The van der Waals surface area contributed by atoms with E-state index in [1.807, 2.05) is 49.4 Å². The fourth-order valence-corrected chi connectivity index (χ4v) is 2.95. The minimum absolute atomic E-state index is 0.391. The number of hydrogen-bond acceptors (Lipinski definition) is 7. The fourth-order valence-electron chi connectivity index (χ4n) is 2.95. The molecule has 0 saturated heterocycles. The first-order chi connectivity index (χ1) is 13.2. The Labute approximate surface area is 156 Å². The van der Waals surface area contributed by atoms with Crippen molar-refractivity contribution in [3.63, 3.8) is 0 Å². The number of methoxy groups -OCH3 is 2. The predicted molar refractivity (Wildman–Crippen MR) is 104 cm³/mol. The molecular weight excluding hydrogens is 342 g/mol. The number of nitrogens with zero attached hydrogens (tertiary/aromatic N) is 4. The average Bonchev–Trinajstić information content (AvgIpc) is 2.71. The number of hydrogen-bond donors (Lipinski definition) is 1. The summed E-state index contributed by atoms with van der Waals surface area (Å²) in [4.78, 5) is 18.2. The highest BCUT2D eigenvalue weighted by atomic mass is 16.5. The molecule has 0 aliphatic heterocycles. The van der Waals surface area contributed by atoms with Crippen LogP contribution in [0.25, 0.3) is 21.8 Å². The number of aryl methyl sites for hydroxylation is 1. The maximum Gasteiger partial charge on any atom is 0.224 e. The monoisotopic (exact) mass is 361 g/mol. The van der Waals surface area contributed by atoms with E-state index in [1.54, 1.807) is 14.2 Å². The maximum absolute atomic E-state index is 5.40. The van der Waals surface area contributed by atoms with Crippen LogP contribution in [0.15, 0.2) is 42.5 Å². The van der Waals surface area contributed by atoms with Crippen molar-refractivity contribution < 1.29 is 9.47 Å². The molecule has 0 atom stereocenters. The van der Waals surface area contributed by atoms with Crippen LogP contribution < -0.4 is 14.8 Å². The third-order valence-corrected chi connectivity index (χ3v) is 4.31. The standard InChI is InChI=1S/C20H19N5O2/c1-12-15-10-13(26-2)8-9-17(15)24-20(22-12)21-11-18-23-16-7-5-4-6-14(16)19(25-18)27-3/h4-10H,11H2,1-3H3,(H,21,22,24). The Kier molecular flexibility index (Phi) is 4.42. The zero-order valence-corrected chi connectivity index (χ0v) is 15.4. The first kappa shape index (κ1) is 17.0. The Morgan fingerprint density at radius 1 is 0.852 bits per heavy atom. The van der Waals surface area contributed by atoms with Gasteiger partial charge < -0.3 is 14.8 Å². The quantitative estimate of drug-likeness (QED) is 0.582. The molecule has 0 unspecified atom stereocenters. The third-order valence-electron chi connectivity index (χ3n) is 4.31. The highest BCUT2D eigenvalue weighted by Crippen LogP contribution is 2.24. The molecule has 7 nitrogen and oxygen atoms in total. The van der Waals surface area contributed by atoms with E-state index in [-0.39, 0.29) is 0 Å². The van der Waals surface area contributed by atoms with Gasteiger partial charge in [-0.05, 0) is 37.3 Å². The Morgan fingerprint density at radius 2 is 1.67 bits per heavy atom. The first-order valence-corrected chi connectivity index (χ1v) is 8.54. The average molecular weight is 361 g/mol. The van der Waals surface area contributed by atoms with E-state index in [1.165, 1.54) is 0 Å². The molecule has 0 bridgehead atoms. The van der Waals surface area contributed by atoms with Gasteiger partial charge in [-0.2, -0.15) is 4.98 Å². The molecule has 2 aromatic heterocycles. The van der Waals surface area contributed by atoms with Crippen LogP contribution in [0, 0.1) is 6.92 Å². The smallest absolute Gasteiger partial charge is 0.224 e. The topological polar surface area (TPSA) is 82.0 Å². The summed E-state index contributed by atoms with van der Waals surface area (Å²) in [5.74, 6) is 2.48. The van der Waals surface area contributed by atoms with E-state index in [4.69, 9.17) is 9.47 Å². The van der Waals surface area contributed by atoms with Gasteiger partial charge in [-0.1, -0.05) is 12.1 Å². The van der Waals surface area contributed by atoms with Crippen molar-refractivity contribution in [2.24, 2.45) is 0 Å². The van der Waals surface area contributed by atoms with Crippen molar-refractivity contribution in [2.45, 2.75) is 13.5 Å². The SMILES string of the molecule is COc1ccc2nc(NCc3nc(OC)c4ccccc4n3)nc(C)c2c1. The second-order valence-electron chi connectivity index (χ2n) is 6.04. The lowest BCUT2D eigenvalue weighted by Gasteiger charge is -2.10. The van der Waals surface area contributed by atoms with Crippen molar-refractivity contribution in [1.82, 2.24) is 19.9 Å². The predicted octanol–water partition coefficient (Wildman–Crippen LogP) is 3.51. The molecule has 0 spiro atoms. The molecule has 4 rings (SSSR count). The number of nitrogens with one attached hydrogen (secondary N) is 1. The zero-order chi connectivity index (χ0) is 18.8. The number of fused-ring (bicyclic) bond motifs is 2. The molecule has 4 aromatic rings. The summed E-state index contributed by atoms with van der Waals surface area (Å²) in [6, 6.07) is 13.5. The molecule has 2 aromatic carbocycles. The van der Waals surface area contributed by atoms with Crippen molar-refractivity contribution in [3.05, 3.63) is 54.0 Å². The number of benzene rings is 2. The molecule has 1 N–H and O–H groups in total. The van der Waals surface area contributed by atoms with E-state index < -0.39 is 0 Å². The Morgan fingerprint density at radius 3 is 2.48 bits per heavy atom. The summed E-state index contributed by atoms with van der Waals surface area (Å²) in [6.45, 7) is 2.34. The molecule has 2 heterocycles. The fraction of sp³-hybridized carbons (Fsp3) is 0.200. The lowest BCUT2D eigenvalue weighted by atomic mass is 10.2. The lowest BCUT2D eigenvalue weighted by molar-refractivity contribution is 0.401. The van der Waals surface area contributed by atoms with Crippen molar-refractivity contribution in [2.75, 3.05) is 19.5 Å². The van der Waals surface area contributed by atoms with Gasteiger partial charge in [0.25, 0.3) is 0 Å². The molecule has 0 fully saturated rings. The second-order valence-corrected chi connectivity index (χ2v) is 6.04.